The summed E-state index contributed by atoms with van der Waals surface area (Å²) in [7, 11) is 3.15. The number of methoxy groups -OCH3 is 2. The Labute approximate surface area is 225 Å². The number of fused-ring (bicyclic) bond motifs is 1. The summed E-state index contributed by atoms with van der Waals surface area (Å²) in [4.78, 5) is 25.7. The van der Waals surface area contributed by atoms with Gasteiger partial charge in [-0.15, -0.1) is 0 Å². The topological polar surface area (TPSA) is 89.0 Å². The second kappa shape index (κ2) is 11.6. The molecule has 0 bridgehead atoms. The maximum atomic E-state index is 13.5. The van der Waals surface area contributed by atoms with E-state index in [1.807, 2.05) is 4.90 Å². The van der Waals surface area contributed by atoms with Crippen LogP contribution in [-0.2, 0) is 28.6 Å². The molecule has 1 amide bonds. The fourth-order valence-corrected chi connectivity index (χ4v) is 5.68. The van der Waals surface area contributed by atoms with E-state index in [9.17, 15) is 18.0 Å². The van der Waals surface area contributed by atoms with Gasteiger partial charge in [-0.2, -0.15) is 13.2 Å². The summed E-state index contributed by atoms with van der Waals surface area (Å²) in [6, 6.07) is 4.34. The molecule has 4 heterocycles. The molecule has 2 atom stereocenters. The first-order valence-corrected chi connectivity index (χ1v) is 13.3. The Bertz CT molecular complexity index is 1170. The van der Waals surface area contributed by atoms with Crippen LogP contribution >= 0.6 is 0 Å². The molecule has 9 nitrogen and oxygen atoms in total. The van der Waals surface area contributed by atoms with E-state index in [-0.39, 0.29) is 42.1 Å². The Balaban J connectivity index is 1.27. The van der Waals surface area contributed by atoms with Gasteiger partial charge in [0, 0.05) is 52.0 Å². The molecule has 0 saturated carbocycles. The number of amides is 1. The number of halogens is 3. The van der Waals surface area contributed by atoms with E-state index < -0.39 is 11.7 Å². The molecule has 2 fully saturated rings. The van der Waals surface area contributed by atoms with Crippen LogP contribution in [0.25, 0.3) is 0 Å². The maximum absolute atomic E-state index is 13.5. The molecule has 1 aromatic heterocycles. The number of carbonyl (C=O) groups excluding carboxylic acids is 1. The van der Waals surface area contributed by atoms with Crippen LogP contribution in [0.3, 0.4) is 0 Å². The highest BCUT2D eigenvalue weighted by atomic mass is 19.4. The van der Waals surface area contributed by atoms with Crippen LogP contribution in [0.5, 0.6) is 5.75 Å². The minimum Gasteiger partial charge on any atom is -0.491 e. The Morgan fingerprint density at radius 3 is 2.62 bits per heavy atom. The number of piperidine rings is 1. The molecular weight excluding hydrogens is 515 g/mol. The van der Waals surface area contributed by atoms with E-state index >= 15 is 0 Å². The van der Waals surface area contributed by atoms with Gasteiger partial charge in [0.2, 0.25) is 0 Å². The smallest absolute Gasteiger partial charge is 0.416 e. The summed E-state index contributed by atoms with van der Waals surface area (Å²) in [6.07, 6.45) is -0.0451. The number of carbonyl (C=O) groups is 1. The predicted molar refractivity (Wildman–Crippen MR) is 137 cm³/mol. The average Bonchev–Trinajstić information content (AvgIpc) is 2.96. The lowest BCUT2D eigenvalue weighted by molar-refractivity contribution is -0.137. The lowest BCUT2D eigenvalue weighted by atomic mass is 9.97. The van der Waals surface area contributed by atoms with Gasteiger partial charge in [-0.1, -0.05) is 6.07 Å². The normalized spacial score (nSPS) is 22.5. The number of likely N-dealkylation sites (tertiary alicyclic amines) is 1. The molecule has 0 spiro atoms. The van der Waals surface area contributed by atoms with Gasteiger partial charge >= 0.3 is 6.18 Å². The van der Waals surface area contributed by atoms with Gasteiger partial charge in [-0.25, -0.2) is 9.97 Å². The standard InChI is InChI=1S/C27H34F3N5O4/c1-37-22-15-39-12-8-21(22)33-20-6-10-34(11-7-20)26(36)23-24(38-2)25(32-16-31-23)35-9-5-17-3-4-19(27(28,29)30)13-18(17)14-35/h3-4,13,16,20-22,33H,5-12,14-15H2,1-2H3/t21?,22-/m1/s1. The fourth-order valence-electron chi connectivity index (χ4n) is 5.68. The highest BCUT2D eigenvalue weighted by Gasteiger charge is 2.34. The van der Waals surface area contributed by atoms with Gasteiger partial charge in [-0.05, 0) is 48.9 Å². The van der Waals surface area contributed by atoms with Crippen LogP contribution in [0.4, 0.5) is 19.0 Å². The summed E-state index contributed by atoms with van der Waals surface area (Å²) in [6.45, 7) is 3.18. The number of alkyl halides is 3. The van der Waals surface area contributed by atoms with Crippen molar-refractivity contribution in [1.29, 1.82) is 0 Å². The summed E-state index contributed by atoms with van der Waals surface area (Å²) in [5.41, 5.74) is 0.936. The van der Waals surface area contributed by atoms with Gasteiger partial charge in [0.05, 0.1) is 25.4 Å². The molecular formula is C27H34F3N5O4. The van der Waals surface area contributed by atoms with Crippen molar-refractivity contribution in [1.82, 2.24) is 20.2 Å². The minimum absolute atomic E-state index is 0.0175. The number of nitrogens with zero attached hydrogens (tertiary/aromatic N) is 4. The summed E-state index contributed by atoms with van der Waals surface area (Å²) in [5, 5.41) is 3.68. The number of benzene rings is 1. The van der Waals surface area contributed by atoms with Crippen LogP contribution < -0.4 is 15.0 Å². The lowest BCUT2D eigenvalue weighted by Gasteiger charge is -2.38. The zero-order valence-electron chi connectivity index (χ0n) is 22.2. The number of anilines is 1. The van der Waals surface area contributed by atoms with E-state index in [1.54, 1.807) is 12.0 Å². The molecule has 3 aliphatic rings. The van der Waals surface area contributed by atoms with Crippen molar-refractivity contribution in [2.45, 2.75) is 56.6 Å². The third kappa shape index (κ3) is 5.97. The summed E-state index contributed by atoms with van der Waals surface area (Å²) < 4.78 is 56.5. The third-order valence-corrected chi connectivity index (χ3v) is 7.88. The molecule has 0 radical (unpaired) electrons. The zero-order valence-corrected chi connectivity index (χ0v) is 22.2. The van der Waals surface area contributed by atoms with Crippen molar-refractivity contribution >= 4 is 11.7 Å². The van der Waals surface area contributed by atoms with Gasteiger partial charge in [0.25, 0.3) is 5.91 Å². The summed E-state index contributed by atoms with van der Waals surface area (Å²) in [5.74, 6) is 0.399. The van der Waals surface area contributed by atoms with Crippen molar-refractivity contribution in [3.8, 4) is 5.75 Å². The second-order valence-electron chi connectivity index (χ2n) is 10.2. The minimum atomic E-state index is -4.41. The SMILES string of the molecule is COc1c(C(=O)N2CCC(NC3CCOC[C@H]3OC)CC2)ncnc1N1CCc2ccc(C(F)(F)F)cc2C1. The Kier molecular flexibility index (Phi) is 8.24. The van der Waals surface area contributed by atoms with Gasteiger partial charge in [0.1, 0.15) is 6.33 Å². The van der Waals surface area contributed by atoms with Crippen LogP contribution in [0.1, 0.15) is 46.4 Å². The quantitative estimate of drug-likeness (QED) is 0.589. The van der Waals surface area contributed by atoms with E-state index in [4.69, 9.17) is 14.2 Å². The first kappa shape index (κ1) is 27.6. The van der Waals surface area contributed by atoms with Crippen molar-refractivity contribution in [3.63, 3.8) is 0 Å². The zero-order chi connectivity index (χ0) is 27.6. The monoisotopic (exact) mass is 549 g/mol. The second-order valence-corrected chi connectivity index (χ2v) is 10.2. The maximum Gasteiger partial charge on any atom is 0.416 e. The molecule has 0 aliphatic carbocycles. The van der Waals surface area contributed by atoms with Crippen molar-refractivity contribution in [2.75, 3.05) is 52.0 Å². The number of rotatable bonds is 6. The summed E-state index contributed by atoms with van der Waals surface area (Å²) >= 11 is 0. The van der Waals surface area contributed by atoms with Gasteiger partial charge < -0.3 is 29.3 Å². The Morgan fingerprint density at radius 2 is 1.90 bits per heavy atom. The van der Waals surface area contributed by atoms with Crippen LogP contribution in [0.2, 0.25) is 0 Å². The Hall–Kier alpha value is -2.96. The molecule has 5 rings (SSSR count). The van der Waals surface area contributed by atoms with E-state index in [0.29, 0.717) is 50.7 Å². The Morgan fingerprint density at radius 1 is 1.10 bits per heavy atom. The van der Waals surface area contributed by atoms with Crippen LogP contribution in [0.15, 0.2) is 24.5 Å². The van der Waals surface area contributed by atoms with E-state index in [0.717, 1.165) is 30.9 Å². The molecule has 39 heavy (non-hydrogen) atoms. The molecule has 2 saturated heterocycles. The van der Waals surface area contributed by atoms with Crippen LogP contribution in [0, 0.1) is 0 Å². The van der Waals surface area contributed by atoms with Gasteiger partial charge in [0.15, 0.2) is 17.3 Å². The molecule has 1 N–H and O–H groups in total. The number of hydrogen-bond donors (Lipinski definition) is 1. The van der Waals surface area contributed by atoms with Crippen molar-refractivity contribution in [3.05, 3.63) is 46.9 Å². The number of nitrogens with one attached hydrogen (secondary N) is 1. The van der Waals surface area contributed by atoms with Crippen molar-refractivity contribution < 1.29 is 32.2 Å². The first-order valence-electron chi connectivity index (χ1n) is 13.3. The molecule has 1 aromatic carbocycles. The number of aromatic nitrogens is 2. The number of ether oxygens (including phenoxy) is 3. The highest BCUT2D eigenvalue weighted by Crippen LogP contribution is 2.36. The van der Waals surface area contributed by atoms with Crippen LogP contribution in [-0.4, -0.2) is 86.0 Å². The lowest BCUT2D eigenvalue weighted by Crippen LogP contribution is -2.54. The molecule has 12 heteroatoms. The molecule has 1 unspecified atom stereocenters. The van der Waals surface area contributed by atoms with E-state index in [2.05, 4.69) is 15.3 Å². The van der Waals surface area contributed by atoms with E-state index in [1.165, 1.54) is 25.6 Å². The molecule has 3 aliphatic heterocycles. The highest BCUT2D eigenvalue weighted by molar-refractivity contribution is 5.96. The average molecular weight is 550 g/mol. The predicted octanol–water partition coefficient (Wildman–Crippen LogP) is 3.06. The molecule has 2 aromatic rings. The third-order valence-electron chi connectivity index (χ3n) is 7.88. The largest absolute Gasteiger partial charge is 0.491 e. The first-order chi connectivity index (χ1) is 18.8. The fraction of sp³-hybridized carbons (Fsp3) is 0.593. The van der Waals surface area contributed by atoms with Crippen molar-refractivity contribution in [2.24, 2.45) is 0 Å². The van der Waals surface area contributed by atoms with Gasteiger partial charge in [-0.3, -0.25) is 4.79 Å². The molecule has 212 valence electrons. The number of hydrogen-bond acceptors (Lipinski definition) is 8.